The van der Waals surface area contributed by atoms with Gasteiger partial charge in [0.1, 0.15) is 0 Å². The van der Waals surface area contributed by atoms with E-state index < -0.39 is 16.1 Å². The lowest BCUT2D eigenvalue weighted by Gasteiger charge is -2.27. The summed E-state index contributed by atoms with van der Waals surface area (Å²) in [6.07, 6.45) is 0. The number of carbonyl (C=O) groups is 1. The standard InChI is InChI=1S/C11H16N4O3S/c12-11(16)9-3-1-2-4-10(9)14-19(17,18)15-7-5-13-6-8-15/h1-4,13-14H,5-8H2,(H2,12,16). The third kappa shape index (κ3) is 3.22. The molecule has 1 saturated heterocycles. The van der Waals surface area contributed by atoms with E-state index >= 15 is 0 Å². The van der Waals surface area contributed by atoms with Crippen LogP contribution in [0.2, 0.25) is 0 Å². The van der Waals surface area contributed by atoms with Crippen molar-refractivity contribution in [1.29, 1.82) is 0 Å². The highest BCUT2D eigenvalue weighted by atomic mass is 32.2. The lowest BCUT2D eigenvalue weighted by Crippen LogP contribution is -2.48. The second kappa shape index (κ2) is 5.55. The Hall–Kier alpha value is -1.64. The van der Waals surface area contributed by atoms with Crippen molar-refractivity contribution in [1.82, 2.24) is 9.62 Å². The maximum Gasteiger partial charge on any atom is 0.301 e. The lowest BCUT2D eigenvalue weighted by atomic mass is 10.2. The zero-order valence-electron chi connectivity index (χ0n) is 10.3. The topological polar surface area (TPSA) is 105 Å². The predicted molar refractivity (Wildman–Crippen MR) is 71.9 cm³/mol. The van der Waals surface area contributed by atoms with Gasteiger partial charge in [-0.05, 0) is 12.1 Å². The van der Waals surface area contributed by atoms with Crippen LogP contribution in [0.4, 0.5) is 5.69 Å². The number of piperazine rings is 1. The molecule has 0 unspecified atom stereocenters. The van der Waals surface area contributed by atoms with Crippen molar-refractivity contribution in [3.63, 3.8) is 0 Å². The third-order valence-corrected chi connectivity index (χ3v) is 4.37. The maximum absolute atomic E-state index is 12.2. The monoisotopic (exact) mass is 284 g/mol. The highest BCUT2D eigenvalue weighted by molar-refractivity contribution is 7.90. The molecule has 1 aromatic carbocycles. The van der Waals surface area contributed by atoms with Crippen molar-refractivity contribution in [2.45, 2.75) is 0 Å². The highest BCUT2D eigenvalue weighted by Crippen LogP contribution is 2.17. The summed E-state index contributed by atoms with van der Waals surface area (Å²) in [5.41, 5.74) is 5.57. The summed E-state index contributed by atoms with van der Waals surface area (Å²) in [4.78, 5) is 11.2. The molecule has 0 bridgehead atoms. The van der Waals surface area contributed by atoms with Gasteiger partial charge in [-0.2, -0.15) is 12.7 Å². The normalized spacial score (nSPS) is 17.1. The van der Waals surface area contributed by atoms with Gasteiger partial charge in [-0.15, -0.1) is 0 Å². The number of hydrogen-bond donors (Lipinski definition) is 3. The van der Waals surface area contributed by atoms with Crippen LogP contribution < -0.4 is 15.8 Å². The molecule has 1 amide bonds. The van der Waals surface area contributed by atoms with Gasteiger partial charge in [-0.25, -0.2) is 0 Å². The number of carbonyl (C=O) groups excluding carboxylic acids is 1. The van der Waals surface area contributed by atoms with Gasteiger partial charge in [0.2, 0.25) is 0 Å². The van der Waals surface area contributed by atoms with E-state index in [1.165, 1.54) is 16.4 Å². The second-order valence-electron chi connectivity index (χ2n) is 4.17. The molecule has 104 valence electrons. The summed E-state index contributed by atoms with van der Waals surface area (Å²) >= 11 is 0. The largest absolute Gasteiger partial charge is 0.366 e. The first-order chi connectivity index (χ1) is 9.00. The van der Waals surface area contributed by atoms with Gasteiger partial charge in [0.15, 0.2) is 0 Å². The molecule has 8 heteroatoms. The smallest absolute Gasteiger partial charge is 0.301 e. The van der Waals surface area contributed by atoms with E-state index in [2.05, 4.69) is 10.0 Å². The number of primary amides is 1. The number of amides is 1. The SMILES string of the molecule is NC(=O)c1ccccc1NS(=O)(=O)N1CCNCC1. The molecule has 1 aliphatic heterocycles. The number of anilines is 1. The molecule has 0 aliphatic carbocycles. The van der Waals surface area contributed by atoms with Crippen LogP contribution in [0.3, 0.4) is 0 Å². The summed E-state index contributed by atoms with van der Waals surface area (Å²) in [5, 5.41) is 3.07. The summed E-state index contributed by atoms with van der Waals surface area (Å²) < 4.78 is 28.1. The molecular formula is C11H16N4O3S. The molecular weight excluding hydrogens is 268 g/mol. The molecule has 1 aromatic rings. The molecule has 2 rings (SSSR count). The Bertz CT molecular complexity index is 567. The van der Waals surface area contributed by atoms with Crippen molar-refractivity contribution in [2.75, 3.05) is 30.9 Å². The Kier molecular flexibility index (Phi) is 4.03. The van der Waals surface area contributed by atoms with Crippen LogP contribution in [0.5, 0.6) is 0 Å². The first-order valence-corrected chi connectivity index (χ1v) is 7.32. The van der Waals surface area contributed by atoms with Crippen molar-refractivity contribution in [3.05, 3.63) is 29.8 Å². The van der Waals surface area contributed by atoms with Crippen molar-refractivity contribution in [3.8, 4) is 0 Å². The van der Waals surface area contributed by atoms with E-state index in [-0.39, 0.29) is 11.3 Å². The van der Waals surface area contributed by atoms with E-state index in [9.17, 15) is 13.2 Å². The Morgan fingerprint density at radius 1 is 1.26 bits per heavy atom. The van der Waals surface area contributed by atoms with E-state index in [1.54, 1.807) is 12.1 Å². The molecule has 0 spiro atoms. The molecule has 19 heavy (non-hydrogen) atoms. The quantitative estimate of drug-likeness (QED) is 0.683. The molecule has 0 radical (unpaired) electrons. The average molecular weight is 284 g/mol. The average Bonchev–Trinajstić information content (AvgIpc) is 2.39. The second-order valence-corrected chi connectivity index (χ2v) is 5.84. The Labute approximate surface area is 112 Å². The Balaban J connectivity index is 2.22. The van der Waals surface area contributed by atoms with Gasteiger partial charge in [0, 0.05) is 26.2 Å². The van der Waals surface area contributed by atoms with Crippen LogP contribution in [0.15, 0.2) is 24.3 Å². The van der Waals surface area contributed by atoms with Crippen LogP contribution in [0.1, 0.15) is 10.4 Å². The zero-order valence-corrected chi connectivity index (χ0v) is 11.1. The number of nitrogens with zero attached hydrogens (tertiary/aromatic N) is 1. The van der Waals surface area contributed by atoms with E-state index in [0.717, 1.165) is 0 Å². The van der Waals surface area contributed by atoms with Crippen LogP contribution >= 0.6 is 0 Å². The molecule has 1 fully saturated rings. The minimum absolute atomic E-state index is 0.154. The molecule has 0 atom stereocenters. The minimum atomic E-state index is -3.66. The van der Waals surface area contributed by atoms with Gasteiger partial charge in [-0.1, -0.05) is 12.1 Å². The Morgan fingerprint density at radius 2 is 1.89 bits per heavy atom. The van der Waals surface area contributed by atoms with Gasteiger partial charge in [0.25, 0.3) is 5.91 Å². The van der Waals surface area contributed by atoms with E-state index in [0.29, 0.717) is 26.2 Å². The molecule has 4 N–H and O–H groups in total. The van der Waals surface area contributed by atoms with Crippen LogP contribution in [-0.4, -0.2) is 44.8 Å². The predicted octanol–water partition coefficient (Wildman–Crippen LogP) is -0.653. The fourth-order valence-electron chi connectivity index (χ4n) is 1.88. The fraction of sp³-hybridized carbons (Fsp3) is 0.364. The van der Waals surface area contributed by atoms with E-state index in [1.807, 2.05) is 0 Å². The fourth-order valence-corrected chi connectivity index (χ4v) is 3.12. The van der Waals surface area contributed by atoms with Crippen molar-refractivity contribution >= 4 is 21.8 Å². The third-order valence-electron chi connectivity index (χ3n) is 2.85. The van der Waals surface area contributed by atoms with Crippen molar-refractivity contribution < 1.29 is 13.2 Å². The number of nitrogens with two attached hydrogens (primary N) is 1. The molecule has 7 nitrogen and oxygen atoms in total. The minimum Gasteiger partial charge on any atom is -0.366 e. The Morgan fingerprint density at radius 3 is 2.53 bits per heavy atom. The number of rotatable bonds is 4. The number of para-hydroxylation sites is 1. The van der Waals surface area contributed by atoms with Crippen LogP contribution in [0, 0.1) is 0 Å². The number of nitrogens with one attached hydrogen (secondary N) is 2. The number of hydrogen-bond acceptors (Lipinski definition) is 4. The molecule has 1 heterocycles. The first-order valence-electron chi connectivity index (χ1n) is 5.88. The molecule has 0 aromatic heterocycles. The van der Waals surface area contributed by atoms with E-state index in [4.69, 9.17) is 5.73 Å². The maximum atomic E-state index is 12.2. The zero-order chi connectivity index (χ0) is 13.9. The lowest BCUT2D eigenvalue weighted by molar-refractivity contribution is 0.100. The molecule has 0 saturated carbocycles. The van der Waals surface area contributed by atoms with Gasteiger partial charge < -0.3 is 11.1 Å². The number of benzene rings is 1. The van der Waals surface area contributed by atoms with Crippen LogP contribution in [0.25, 0.3) is 0 Å². The first kappa shape index (κ1) is 13.8. The summed E-state index contributed by atoms with van der Waals surface area (Å²) in [5.74, 6) is -0.668. The highest BCUT2D eigenvalue weighted by Gasteiger charge is 2.24. The summed E-state index contributed by atoms with van der Waals surface area (Å²) in [6.45, 7) is 2.01. The summed E-state index contributed by atoms with van der Waals surface area (Å²) in [7, 11) is -3.66. The van der Waals surface area contributed by atoms with Crippen molar-refractivity contribution in [2.24, 2.45) is 5.73 Å². The van der Waals surface area contributed by atoms with Gasteiger partial charge >= 0.3 is 10.2 Å². The van der Waals surface area contributed by atoms with Gasteiger partial charge in [-0.3, -0.25) is 9.52 Å². The molecule has 1 aliphatic rings. The summed E-state index contributed by atoms with van der Waals surface area (Å²) in [6, 6.07) is 6.27. The van der Waals surface area contributed by atoms with Gasteiger partial charge in [0.05, 0.1) is 11.3 Å². The van der Waals surface area contributed by atoms with Crippen LogP contribution in [-0.2, 0) is 10.2 Å².